The zero-order chi connectivity index (χ0) is 12.7. The Balaban J connectivity index is 2.61. The average molecular weight is 274 g/mol. The lowest BCUT2D eigenvalue weighted by Gasteiger charge is -2.01. The fraction of sp³-hybridized carbons (Fsp3) is 0. The largest absolute Gasteiger partial charge is 0.591 e. The molecule has 1 aromatic heterocycles. The van der Waals surface area contributed by atoms with Gasteiger partial charge in [-0.2, -0.15) is 0 Å². The third kappa shape index (κ3) is 1.66. The van der Waals surface area contributed by atoms with Crippen molar-refractivity contribution in [1.29, 1.82) is 0 Å². The van der Waals surface area contributed by atoms with E-state index in [2.05, 4.69) is 0 Å². The van der Waals surface area contributed by atoms with E-state index >= 15 is 0 Å². The summed E-state index contributed by atoms with van der Waals surface area (Å²) in [5.74, 6) is 0. The molecule has 0 bridgehead atoms. The van der Waals surface area contributed by atoms with Crippen molar-refractivity contribution in [3.63, 3.8) is 0 Å². The van der Waals surface area contributed by atoms with Gasteiger partial charge in [0.15, 0.2) is 10.7 Å². The van der Waals surface area contributed by atoms with E-state index in [-0.39, 0.29) is 10.7 Å². The molecule has 0 amide bonds. The minimum absolute atomic E-state index is 0.106. The molecular weight excluding hydrogens is 267 g/mol. The fourth-order valence-electron chi connectivity index (χ4n) is 1.98. The van der Waals surface area contributed by atoms with E-state index in [4.69, 9.17) is 0 Å². The van der Waals surface area contributed by atoms with Crippen molar-refractivity contribution in [2.45, 2.75) is 0 Å². The fourth-order valence-corrected chi connectivity index (χ4v) is 3.77. The van der Waals surface area contributed by atoms with Crippen LogP contribution in [0.3, 0.4) is 0 Å². The molecule has 0 N–H and O–H groups in total. The Morgan fingerprint density at radius 3 is 2.50 bits per heavy atom. The Hall–Kier alpha value is -1.61. The molecule has 0 aliphatic carbocycles. The van der Waals surface area contributed by atoms with Crippen LogP contribution in [0.2, 0.25) is 0 Å². The van der Waals surface area contributed by atoms with Crippen molar-refractivity contribution in [2.24, 2.45) is 0 Å². The molecule has 3 rings (SSSR count). The number of fused-ring (bicyclic) bond motifs is 2. The normalized spacial score (nSPS) is 11.9. The highest BCUT2D eigenvalue weighted by atomic mass is 32.1. The summed E-state index contributed by atoms with van der Waals surface area (Å²) in [6.45, 7) is 0. The highest BCUT2D eigenvalue weighted by Crippen LogP contribution is 2.25. The van der Waals surface area contributed by atoms with E-state index in [9.17, 15) is 14.3 Å². The number of benzene rings is 2. The summed E-state index contributed by atoms with van der Waals surface area (Å²) in [5.41, 5.74) is -0.214. The summed E-state index contributed by atoms with van der Waals surface area (Å²) >= 11 is 1.43. The monoisotopic (exact) mass is 274 g/mol. The maximum atomic E-state index is 12.4. The lowest BCUT2D eigenvalue weighted by Crippen LogP contribution is -2.13. The molecule has 88 valence electrons. The van der Waals surface area contributed by atoms with Crippen molar-refractivity contribution in [3.05, 3.63) is 52.7 Å². The molecular formula is C13H7O3PS. The highest BCUT2D eigenvalue weighted by molar-refractivity contribution is 7.46. The maximum absolute atomic E-state index is 12.4. The summed E-state index contributed by atoms with van der Waals surface area (Å²) in [5, 5.41) is 0.978. The molecule has 2 aromatic carbocycles. The van der Waals surface area contributed by atoms with E-state index in [1.807, 2.05) is 12.1 Å². The molecule has 0 saturated carbocycles. The Kier molecular flexibility index (Phi) is 2.71. The van der Waals surface area contributed by atoms with Crippen LogP contribution in [0.1, 0.15) is 0 Å². The number of hydrogen-bond donors (Lipinski definition) is 0. The zero-order valence-electron chi connectivity index (χ0n) is 9.12. The molecule has 3 aromatic rings. The minimum Gasteiger partial charge on any atom is -0.591 e. The van der Waals surface area contributed by atoms with Gasteiger partial charge in [-0.15, -0.1) is 11.3 Å². The molecule has 0 aliphatic heterocycles. The first kappa shape index (κ1) is 11.5. The quantitative estimate of drug-likeness (QED) is 0.504. The molecule has 0 saturated heterocycles. The van der Waals surface area contributed by atoms with Crippen molar-refractivity contribution >= 4 is 44.8 Å². The van der Waals surface area contributed by atoms with Gasteiger partial charge in [0.05, 0.1) is 5.39 Å². The van der Waals surface area contributed by atoms with Crippen molar-refractivity contribution in [1.82, 2.24) is 0 Å². The Morgan fingerprint density at radius 1 is 1.00 bits per heavy atom. The predicted octanol–water partition coefficient (Wildman–Crippen LogP) is 2.14. The third-order valence-corrected chi connectivity index (χ3v) is 4.68. The first-order chi connectivity index (χ1) is 8.68. The second kappa shape index (κ2) is 4.25. The highest BCUT2D eigenvalue weighted by Gasteiger charge is 2.17. The van der Waals surface area contributed by atoms with Gasteiger partial charge in [-0.25, -0.2) is 0 Å². The third-order valence-electron chi connectivity index (χ3n) is 2.78. The Labute approximate surface area is 107 Å². The van der Waals surface area contributed by atoms with Gasteiger partial charge in [-0.3, -0.25) is 4.79 Å². The van der Waals surface area contributed by atoms with Gasteiger partial charge in [0.25, 0.3) is 0 Å². The predicted molar refractivity (Wildman–Crippen MR) is 72.8 cm³/mol. The minimum atomic E-state index is -2.76. The van der Waals surface area contributed by atoms with E-state index in [0.717, 1.165) is 4.70 Å². The van der Waals surface area contributed by atoms with Crippen molar-refractivity contribution in [2.75, 3.05) is 0 Å². The summed E-state index contributed by atoms with van der Waals surface area (Å²) in [7, 11) is -2.76. The molecule has 3 nitrogen and oxygen atoms in total. The van der Waals surface area contributed by atoms with Gasteiger partial charge in [0.2, 0.25) is 0 Å². The molecule has 0 radical (unpaired) electrons. The summed E-state index contributed by atoms with van der Waals surface area (Å²) in [6, 6.07) is 12.1. The number of hydrogen-bond acceptors (Lipinski definition) is 4. The number of rotatable bonds is 1. The molecule has 1 atom stereocenters. The molecule has 0 fully saturated rings. The van der Waals surface area contributed by atoms with Crippen LogP contribution >= 0.6 is 19.4 Å². The van der Waals surface area contributed by atoms with Crippen LogP contribution in [0.15, 0.2) is 47.3 Å². The first-order valence-corrected chi connectivity index (χ1v) is 7.27. The van der Waals surface area contributed by atoms with Crippen LogP contribution in [0.25, 0.3) is 20.2 Å². The molecule has 18 heavy (non-hydrogen) atoms. The van der Waals surface area contributed by atoms with Crippen LogP contribution in [-0.2, 0) is 4.57 Å². The van der Waals surface area contributed by atoms with Gasteiger partial charge in [-0.05, 0) is 24.3 Å². The van der Waals surface area contributed by atoms with Gasteiger partial charge in [0.1, 0.15) is 0 Å². The first-order valence-electron chi connectivity index (χ1n) is 5.27. The zero-order valence-corrected chi connectivity index (χ0v) is 10.8. The summed E-state index contributed by atoms with van der Waals surface area (Å²) in [4.78, 5) is 23.6. The molecule has 1 heterocycles. The van der Waals surface area contributed by atoms with Gasteiger partial charge in [-0.1, -0.05) is 22.8 Å². The lowest BCUT2D eigenvalue weighted by atomic mass is 10.2. The van der Waals surface area contributed by atoms with Gasteiger partial charge >= 0.3 is 8.03 Å². The lowest BCUT2D eigenvalue weighted by molar-refractivity contribution is -0.160. The van der Waals surface area contributed by atoms with E-state index in [1.165, 1.54) is 17.4 Å². The van der Waals surface area contributed by atoms with Crippen molar-refractivity contribution < 1.29 is 9.46 Å². The summed E-state index contributed by atoms with van der Waals surface area (Å²) < 4.78 is 12.8. The molecule has 0 aliphatic rings. The van der Waals surface area contributed by atoms with Gasteiger partial charge < -0.3 is 4.89 Å². The average Bonchev–Trinajstić information content (AvgIpc) is 2.38. The Morgan fingerprint density at radius 2 is 1.72 bits per heavy atom. The second-order valence-electron chi connectivity index (χ2n) is 3.83. The van der Waals surface area contributed by atoms with E-state index in [1.54, 1.807) is 24.3 Å². The smallest absolute Gasteiger partial charge is 0.349 e. The SMILES string of the molecule is O=c1c2ccccc2sc2cccc([P+](=O)[O-])c12. The van der Waals surface area contributed by atoms with Crippen LogP contribution in [0.4, 0.5) is 0 Å². The summed E-state index contributed by atoms with van der Waals surface area (Å²) in [6.07, 6.45) is 0. The van der Waals surface area contributed by atoms with Gasteiger partial charge in [0, 0.05) is 14.8 Å². The Bertz CT molecular complexity index is 838. The maximum Gasteiger partial charge on any atom is 0.349 e. The van der Waals surface area contributed by atoms with Crippen LogP contribution in [0.5, 0.6) is 0 Å². The van der Waals surface area contributed by atoms with E-state index in [0.29, 0.717) is 15.5 Å². The molecule has 0 spiro atoms. The van der Waals surface area contributed by atoms with E-state index < -0.39 is 8.03 Å². The molecule has 1 unspecified atom stereocenters. The second-order valence-corrected chi connectivity index (χ2v) is 5.91. The van der Waals surface area contributed by atoms with Crippen LogP contribution in [-0.4, -0.2) is 0 Å². The van der Waals surface area contributed by atoms with Crippen molar-refractivity contribution in [3.8, 4) is 0 Å². The van der Waals surface area contributed by atoms with Crippen LogP contribution in [0, 0.1) is 0 Å². The molecule has 5 heteroatoms. The standard InChI is InChI=1S/C13H7O3PS/c14-13-8-4-1-2-6-10(8)18-11-7-3-5-9(12(11)13)17(15)16/h1-7H. The van der Waals surface area contributed by atoms with Crippen LogP contribution < -0.4 is 15.6 Å². The topological polar surface area (TPSA) is 57.2 Å².